The summed E-state index contributed by atoms with van der Waals surface area (Å²) in [5.41, 5.74) is 6.19. The predicted octanol–water partition coefficient (Wildman–Crippen LogP) is 5.81. The number of aryl methyl sites for hydroxylation is 1. The van der Waals surface area contributed by atoms with Crippen molar-refractivity contribution in [2.24, 2.45) is 0 Å². The molecule has 1 N–H and O–H groups in total. The minimum absolute atomic E-state index is 0.317. The Bertz CT molecular complexity index is 1670. The zero-order chi connectivity index (χ0) is 25.7. The average Bonchev–Trinajstić information content (AvgIpc) is 3.52. The minimum atomic E-state index is 0.317. The third-order valence-corrected chi connectivity index (χ3v) is 6.01. The molecular formula is C29H23N7O2. The van der Waals surface area contributed by atoms with Crippen molar-refractivity contribution < 1.29 is 9.47 Å². The largest absolute Gasteiger partial charge is 0.486 e. The van der Waals surface area contributed by atoms with Gasteiger partial charge in [0, 0.05) is 29.6 Å². The van der Waals surface area contributed by atoms with Gasteiger partial charge in [-0.2, -0.15) is 5.21 Å². The van der Waals surface area contributed by atoms with Crippen molar-refractivity contribution in [1.29, 1.82) is 0 Å². The maximum atomic E-state index is 6.34. The fraction of sp³-hybridized carbons (Fsp3) is 0.103. The first-order chi connectivity index (χ1) is 18.8. The molecule has 0 aliphatic rings. The van der Waals surface area contributed by atoms with Crippen LogP contribution in [0.5, 0.6) is 17.4 Å². The summed E-state index contributed by atoms with van der Waals surface area (Å²) in [5, 5.41) is 14.7. The number of fused-ring (bicyclic) bond motifs is 1. The maximum Gasteiger partial charge on any atom is 0.220 e. The van der Waals surface area contributed by atoms with E-state index < -0.39 is 0 Å². The van der Waals surface area contributed by atoms with Crippen LogP contribution in [0.4, 0.5) is 0 Å². The van der Waals surface area contributed by atoms with E-state index in [9.17, 15) is 0 Å². The second kappa shape index (κ2) is 10.4. The van der Waals surface area contributed by atoms with Gasteiger partial charge >= 0.3 is 0 Å². The van der Waals surface area contributed by atoms with Crippen LogP contribution in [0.25, 0.3) is 33.5 Å². The number of rotatable bonds is 8. The summed E-state index contributed by atoms with van der Waals surface area (Å²) in [7, 11) is 0. The van der Waals surface area contributed by atoms with E-state index in [4.69, 9.17) is 19.4 Å². The van der Waals surface area contributed by atoms with E-state index >= 15 is 0 Å². The lowest BCUT2D eigenvalue weighted by molar-refractivity contribution is 0.308. The Morgan fingerprint density at radius 3 is 2.58 bits per heavy atom. The molecule has 0 atom stereocenters. The summed E-state index contributed by atoms with van der Waals surface area (Å²) < 4.78 is 12.2. The van der Waals surface area contributed by atoms with Crippen LogP contribution in [0.3, 0.4) is 0 Å². The topological polar surface area (TPSA) is 112 Å². The molecule has 0 radical (unpaired) electrons. The molecular weight excluding hydrogens is 478 g/mol. The van der Waals surface area contributed by atoms with Crippen molar-refractivity contribution in [3.05, 3.63) is 103 Å². The Labute approximate surface area is 218 Å². The summed E-state index contributed by atoms with van der Waals surface area (Å²) in [6.07, 6.45) is 4.11. The van der Waals surface area contributed by atoms with Crippen molar-refractivity contribution >= 4 is 11.0 Å². The predicted molar refractivity (Wildman–Crippen MR) is 143 cm³/mol. The lowest BCUT2D eigenvalue weighted by Crippen LogP contribution is -2.01. The van der Waals surface area contributed by atoms with Gasteiger partial charge in [-0.25, -0.2) is 4.98 Å². The van der Waals surface area contributed by atoms with Crippen LogP contribution in [0.1, 0.15) is 18.2 Å². The van der Waals surface area contributed by atoms with E-state index in [1.807, 2.05) is 54.6 Å². The highest BCUT2D eigenvalue weighted by Gasteiger charge is 2.14. The second-order valence-corrected chi connectivity index (χ2v) is 8.54. The molecule has 0 amide bonds. The van der Waals surface area contributed by atoms with Gasteiger partial charge in [0.25, 0.3) is 0 Å². The van der Waals surface area contributed by atoms with Crippen molar-refractivity contribution in [3.63, 3.8) is 0 Å². The number of tetrazole rings is 1. The Morgan fingerprint density at radius 2 is 1.79 bits per heavy atom. The highest BCUT2D eigenvalue weighted by atomic mass is 16.5. The van der Waals surface area contributed by atoms with E-state index in [1.54, 1.807) is 18.5 Å². The first-order valence-electron chi connectivity index (χ1n) is 12.2. The standard InChI is InChI=1S/C29H23N7O2/c1-2-21-16-26(28-25(31-21)12-13-27(32-28)38-22-9-6-14-30-17-22)37-18-19-10-11-23(20-7-4-3-5-8-20)24(15-19)29-33-35-36-34-29/h3-17H,2,18H2,1H3,(H,33,34,35,36). The number of nitrogens with zero attached hydrogens (tertiary/aromatic N) is 6. The van der Waals surface area contributed by atoms with Crippen molar-refractivity contribution in [1.82, 2.24) is 35.6 Å². The van der Waals surface area contributed by atoms with E-state index in [0.717, 1.165) is 39.9 Å². The third kappa shape index (κ3) is 4.90. The van der Waals surface area contributed by atoms with Crippen LogP contribution in [0, 0.1) is 0 Å². The number of benzene rings is 2. The number of nitrogens with one attached hydrogen (secondary N) is 1. The number of aromatic nitrogens is 7. The third-order valence-electron chi connectivity index (χ3n) is 6.01. The lowest BCUT2D eigenvalue weighted by Gasteiger charge is -2.13. The fourth-order valence-electron chi connectivity index (χ4n) is 4.16. The van der Waals surface area contributed by atoms with Gasteiger partial charge < -0.3 is 9.47 Å². The van der Waals surface area contributed by atoms with Crippen LogP contribution in [0.2, 0.25) is 0 Å². The van der Waals surface area contributed by atoms with Gasteiger partial charge in [-0.1, -0.05) is 49.4 Å². The van der Waals surface area contributed by atoms with Gasteiger partial charge in [0.05, 0.1) is 11.7 Å². The molecule has 9 nitrogen and oxygen atoms in total. The average molecular weight is 502 g/mol. The smallest absolute Gasteiger partial charge is 0.220 e. The zero-order valence-corrected chi connectivity index (χ0v) is 20.6. The zero-order valence-electron chi connectivity index (χ0n) is 20.6. The molecule has 0 saturated carbocycles. The molecule has 6 aromatic rings. The van der Waals surface area contributed by atoms with Gasteiger partial charge in [0.2, 0.25) is 11.7 Å². The molecule has 0 aliphatic heterocycles. The van der Waals surface area contributed by atoms with Gasteiger partial charge in [-0.15, -0.1) is 10.2 Å². The summed E-state index contributed by atoms with van der Waals surface area (Å²) in [5.74, 6) is 2.20. The molecule has 4 heterocycles. The first kappa shape index (κ1) is 23.2. The Balaban J connectivity index is 1.33. The molecule has 4 aromatic heterocycles. The van der Waals surface area contributed by atoms with Crippen LogP contribution in [-0.2, 0) is 13.0 Å². The van der Waals surface area contributed by atoms with Crippen LogP contribution < -0.4 is 9.47 Å². The molecule has 38 heavy (non-hydrogen) atoms. The highest BCUT2D eigenvalue weighted by molar-refractivity contribution is 5.82. The Kier molecular flexibility index (Phi) is 6.38. The molecule has 9 heteroatoms. The fourth-order valence-corrected chi connectivity index (χ4v) is 4.16. The van der Waals surface area contributed by atoms with Crippen LogP contribution in [-0.4, -0.2) is 35.6 Å². The van der Waals surface area contributed by atoms with Crippen LogP contribution in [0.15, 0.2) is 91.3 Å². The van der Waals surface area contributed by atoms with Gasteiger partial charge in [-0.3, -0.25) is 9.97 Å². The summed E-state index contributed by atoms with van der Waals surface area (Å²) in [4.78, 5) is 13.5. The van der Waals surface area contributed by atoms with E-state index in [2.05, 4.69) is 50.7 Å². The number of H-pyrrole nitrogens is 1. The molecule has 0 bridgehead atoms. The van der Waals surface area contributed by atoms with E-state index in [0.29, 0.717) is 35.3 Å². The summed E-state index contributed by atoms with van der Waals surface area (Å²) >= 11 is 0. The molecule has 0 spiro atoms. The SMILES string of the molecule is CCc1cc(OCc2ccc(-c3ccccc3)c(-c3nn[nH]n3)c2)c2nc(Oc3cccnc3)ccc2n1. The monoisotopic (exact) mass is 501 g/mol. The number of ether oxygens (including phenoxy) is 2. The number of hydrogen-bond donors (Lipinski definition) is 1. The van der Waals surface area contributed by atoms with Gasteiger partial charge in [0.1, 0.15) is 23.6 Å². The number of pyridine rings is 3. The first-order valence-corrected chi connectivity index (χ1v) is 12.2. The summed E-state index contributed by atoms with van der Waals surface area (Å²) in [6.45, 7) is 2.38. The van der Waals surface area contributed by atoms with Crippen molar-refractivity contribution in [2.45, 2.75) is 20.0 Å². The Hall–Kier alpha value is -5.18. The summed E-state index contributed by atoms with van der Waals surface area (Å²) in [6, 6.07) is 25.5. The Morgan fingerprint density at radius 1 is 0.868 bits per heavy atom. The van der Waals surface area contributed by atoms with E-state index in [1.165, 1.54) is 0 Å². The molecule has 186 valence electrons. The molecule has 0 unspecified atom stereocenters. The number of hydrogen-bond acceptors (Lipinski definition) is 8. The molecule has 6 rings (SSSR count). The minimum Gasteiger partial charge on any atom is -0.486 e. The van der Waals surface area contributed by atoms with Crippen molar-refractivity contribution in [2.75, 3.05) is 0 Å². The normalized spacial score (nSPS) is 11.0. The molecule has 0 saturated heterocycles. The maximum absolute atomic E-state index is 6.34. The van der Waals surface area contributed by atoms with Crippen LogP contribution >= 0.6 is 0 Å². The highest BCUT2D eigenvalue weighted by Crippen LogP contribution is 2.32. The van der Waals surface area contributed by atoms with Crippen molar-refractivity contribution in [3.8, 4) is 39.9 Å². The molecule has 0 fully saturated rings. The van der Waals surface area contributed by atoms with Gasteiger partial charge in [0.15, 0.2) is 0 Å². The second-order valence-electron chi connectivity index (χ2n) is 8.54. The molecule has 2 aromatic carbocycles. The van der Waals surface area contributed by atoms with E-state index in [-0.39, 0.29) is 0 Å². The van der Waals surface area contributed by atoms with Gasteiger partial charge in [-0.05, 0) is 52.6 Å². The quantitative estimate of drug-likeness (QED) is 0.278. The number of aromatic amines is 1. The molecule has 0 aliphatic carbocycles. The lowest BCUT2D eigenvalue weighted by atomic mass is 9.97.